The fourth-order valence-electron chi connectivity index (χ4n) is 3.02. The van der Waals surface area contributed by atoms with Crippen LogP contribution in [0.15, 0.2) is 48.5 Å². The van der Waals surface area contributed by atoms with Gasteiger partial charge in [-0.2, -0.15) is 0 Å². The third-order valence-electron chi connectivity index (χ3n) is 3.89. The van der Waals surface area contributed by atoms with Gasteiger partial charge in [-0.1, -0.05) is 36.4 Å². The van der Waals surface area contributed by atoms with Crippen molar-refractivity contribution in [3.63, 3.8) is 0 Å². The Bertz CT molecular complexity index is 517. The Morgan fingerprint density at radius 2 is 1.58 bits per heavy atom. The minimum absolute atomic E-state index is 0.733. The standard InChI is InChI=1S/C18H20O/c1-2-19-18-9-7-14(8-10-18)11-15-12-16-5-3-4-6-17(16)13-15/h3-10,15H,2,11-13H2,1H3. The van der Waals surface area contributed by atoms with E-state index in [9.17, 15) is 0 Å². The van der Waals surface area contributed by atoms with Gasteiger partial charge in [-0.05, 0) is 60.9 Å². The van der Waals surface area contributed by atoms with Crippen molar-refractivity contribution in [2.45, 2.75) is 26.2 Å². The topological polar surface area (TPSA) is 9.23 Å². The van der Waals surface area contributed by atoms with E-state index in [0.717, 1.165) is 18.3 Å². The van der Waals surface area contributed by atoms with Crippen LogP contribution in [-0.2, 0) is 19.3 Å². The molecule has 1 nitrogen and oxygen atoms in total. The van der Waals surface area contributed by atoms with E-state index in [1.165, 1.54) is 24.8 Å². The molecule has 0 spiro atoms. The van der Waals surface area contributed by atoms with E-state index in [1.54, 1.807) is 11.1 Å². The molecule has 0 radical (unpaired) electrons. The molecule has 3 rings (SSSR count). The van der Waals surface area contributed by atoms with Crippen molar-refractivity contribution in [1.29, 1.82) is 0 Å². The Hall–Kier alpha value is -1.76. The maximum atomic E-state index is 5.48. The average molecular weight is 252 g/mol. The average Bonchev–Trinajstić information content (AvgIpc) is 2.83. The normalized spacial score (nSPS) is 14.4. The fourth-order valence-corrected chi connectivity index (χ4v) is 3.02. The zero-order valence-electron chi connectivity index (χ0n) is 11.4. The molecule has 1 aliphatic carbocycles. The first-order valence-electron chi connectivity index (χ1n) is 7.13. The Balaban J connectivity index is 1.64. The lowest BCUT2D eigenvalue weighted by Crippen LogP contribution is -2.04. The molecule has 0 saturated heterocycles. The van der Waals surface area contributed by atoms with Crippen LogP contribution in [-0.4, -0.2) is 6.61 Å². The van der Waals surface area contributed by atoms with Gasteiger partial charge in [-0.25, -0.2) is 0 Å². The maximum absolute atomic E-state index is 5.48. The van der Waals surface area contributed by atoms with E-state index in [0.29, 0.717) is 0 Å². The van der Waals surface area contributed by atoms with Gasteiger partial charge < -0.3 is 4.74 Å². The lowest BCUT2D eigenvalue weighted by atomic mass is 9.97. The van der Waals surface area contributed by atoms with Crippen molar-refractivity contribution in [2.24, 2.45) is 5.92 Å². The van der Waals surface area contributed by atoms with Gasteiger partial charge in [-0.3, -0.25) is 0 Å². The highest BCUT2D eigenvalue weighted by molar-refractivity contribution is 5.33. The molecule has 0 heterocycles. The second kappa shape index (κ2) is 5.48. The molecule has 0 fully saturated rings. The lowest BCUT2D eigenvalue weighted by molar-refractivity contribution is 0.340. The van der Waals surface area contributed by atoms with Gasteiger partial charge in [-0.15, -0.1) is 0 Å². The minimum Gasteiger partial charge on any atom is -0.494 e. The molecule has 1 heteroatoms. The van der Waals surface area contributed by atoms with Crippen molar-refractivity contribution in [3.8, 4) is 5.75 Å². The monoisotopic (exact) mass is 252 g/mol. The summed E-state index contributed by atoms with van der Waals surface area (Å²) in [5.74, 6) is 1.73. The summed E-state index contributed by atoms with van der Waals surface area (Å²) in [6.07, 6.45) is 3.62. The summed E-state index contributed by atoms with van der Waals surface area (Å²) >= 11 is 0. The summed E-state index contributed by atoms with van der Waals surface area (Å²) in [4.78, 5) is 0. The summed E-state index contributed by atoms with van der Waals surface area (Å²) in [6, 6.07) is 17.4. The second-order valence-corrected chi connectivity index (χ2v) is 5.32. The summed E-state index contributed by atoms with van der Waals surface area (Å²) in [5.41, 5.74) is 4.50. The lowest BCUT2D eigenvalue weighted by Gasteiger charge is -2.10. The van der Waals surface area contributed by atoms with Gasteiger partial charge >= 0.3 is 0 Å². The van der Waals surface area contributed by atoms with Crippen LogP contribution in [0.25, 0.3) is 0 Å². The first-order valence-corrected chi connectivity index (χ1v) is 7.13. The minimum atomic E-state index is 0.733. The van der Waals surface area contributed by atoms with Crippen molar-refractivity contribution in [2.75, 3.05) is 6.61 Å². The number of benzene rings is 2. The SMILES string of the molecule is CCOc1ccc(CC2Cc3ccccc3C2)cc1. The smallest absolute Gasteiger partial charge is 0.119 e. The third-order valence-corrected chi connectivity index (χ3v) is 3.89. The molecule has 0 unspecified atom stereocenters. The second-order valence-electron chi connectivity index (χ2n) is 5.32. The molecule has 0 aromatic heterocycles. The van der Waals surface area contributed by atoms with Crippen molar-refractivity contribution in [1.82, 2.24) is 0 Å². The number of fused-ring (bicyclic) bond motifs is 1. The zero-order chi connectivity index (χ0) is 13.1. The molecule has 0 N–H and O–H groups in total. The predicted molar refractivity (Wildman–Crippen MR) is 78.7 cm³/mol. The number of hydrogen-bond donors (Lipinski definition) is 0. The summed E-state index contributed by atoms with van der Waals surface area (Å²) in [7, 11) is 0. The van der Waals surface area contributed by atoms with Crippen molar-refractivity contribution >= 4 is 0 Å². The van der Waals surface area contributed by atoms with Gasteiger partial charge in [0.2, 0.25) is 0 Å². The van der Waals surface area contributed by atoms with E-state index in [2.05, 4.69) is 48.5 Å². The molecule has 0 amide bonds. The van der Waals surface area contributed by atoms with Gasteiger partial charge in [0.15, 0.2) is 0 Å². The van der Waals surface area contributed by atoms with E-state index >= 15 is 0 Å². The zero-order valence-corrected chi connectivity index (χ0v) is 11.4. The van der Waals surface area contributed by atoms with Crippen LogP contribution >= 0.6 is 0 Å². The first-order chi connectivity index (χ1) is 9.35. The number of hydrogen-bond acceptors (Lipinski definition) is 1. The molecule has 2 aromatic carbocycles. The van der Waals surface area contributed by atoms with Crippen molar-refractivity contribution < 1.29 is 4.74 Å². The van der Waals surface area contributed by atoms with Crippen LogP contribution in [0.1, 0.15) is 23.6 Å². The van der Waals surface area contributed by atoms with Crippen LogP contribution in [0, 0.1) is 5.92 Å². The molecule has 1 aliphatic rings. The quantitative estimate of drug-likeness (QED) is 0.798. The van der Waals surface area contributed by atoms with Crippen LogP contribution in [0.4, 0.5) is 0 Å². The molecule has 0 bridgehead atoms. The third kappa shape index (κ3) is 2.81. The van der Waals surface area contributed by atoms with Gasteiger partial charge in [0, 0.05) is 0 Å². The molecule has 0 aliphatic heterocycles. The highest BCUT2D eigenvalue weighted by Gasteiger charge is 2.20. The molecule has 0 saturated carbocycles. The molecular formula is C18H20O. The molecule has 0 atom stereocenters. The van der Waals surface area contributed by atoms with Crippen LogP contribution in [0.5, 0.6) is 5.75 Å². The summed E-state index contributed by atoms with van der Waals surface area (Å²) < 4.78 is 5.48. The van der Waals surface area contributed by atoms with Gasteiger partial charge in [0.25, 0.3) is 0 Å². The van der Waals surface area contributed by atoms with E-state index in [1.807, 2.05) is 6.92 Å². The van der Waals surface area contributed by atoms with E-state index in [-0.39, 0.29) is 0 Å². The predicted octanol–water partition coefficient (Wildman–Crippen LogP) is 4.04. The fraction of sp³-hybridized carbons (Fsp3) is 0.333. The number of ether oxygens (including phenoxy) is 1. The molecular weight excluding hydrogens is 232 g/mol. The highest BCUT2D eigenvalue weighted by atomic mass is 16.5. The van der Waals surface area contributed by atoms with Crippen LogP contribution in [0.2, 0.25) is 0 Å². The molecule has 98 valence electrons. The van der Waals surface area contributed by atoms with Crippen LogP contribution < -0.4 is 4.74 Å². The van der Waals surface area contributed by atoms with Gasteiger partial charge in [0.1, 0.15) is 5.75 Å². The Labute approximate surface area is 115 Å². The first kappa shape index (κ1) is 12.3. The summed E-state index contributed by atoms with van der Waals surface area (Å²) in [6.45, 7) is 2.75. The van der Waals surface area contributed by atoms with Crippen molar-refractivity contribution in [3.05, 3.63) is 65.2 Å². The summed E-state index contributed by atoms with van der Waals surface area (Å²) in [5, 5.41) is 0. The largest absolute Gasteiger partial charge is 0.494 e. The molecule has 19 heavy (non-hydrogen) atoms. The Kier molecular flexibility index (Phi) is 3.54. The number of rotatable bonds is 4. The van der Waals surface area contributed by atoms with E-state index < -0.39 is 0 Å². The van der Waals surface area contributed by atoms with E-state index in [4.69, 9.17) is 4.74 Å². The van der Waals surface area contributed by atoms with Crippen LogP contribution in [0.3, 0.4) is 0 Å². The van der Waals surface area contributed by atoms with Gasteiger partial charge in [0.05, 0.1) is 6.61 Å². The molecule has 2 aromatic rings. The maximum Gasteiger partial charge on any atom is 0.119 e. The highest BCUT2D eigenvalue weighted by Crippen LogP contribution is 2.29. The Morgan fingerprint density at radius 3 is 2.16 bits per heavy atom. The Morgan fingerprint density at radius 1 is 0.947 bits per heavy atom.